The fourth-order valence-corrected chi connectivity index (χ4v) is 5.13. The summed E-state index contributed by atoms with van der Waals surface area (Å²) >= 11 is 0. The maximum atomic E-state index is 6.15. The van der Waals surface area contributed by atoms with Crippen LogP contribution in [0.2, 0.25) is 0 Å². The molecule has 0 heterocycles. The van der Waals surface area contributed by atoms with E-state index >= 15 is 0 Å². The van der Waals surface area contributed by atoms with Gasteiger partial charge >= 0.3 is 0 Å². The number of hydrogen-bond acceptors (Lipinski definition) is 2. The molecule has 0 aliphatic rings. The molecule has 0 saturated heterocycles. The molecule has 0 unspecified atom stereocenters. The molecule has 2 nitrogen and oxygen atoms in total. The lowest BCUT2D eigenvalue weighted by Crippen LogP contribution is -2.36. The normalized spacial score (nSPS) is 12.2. The van der Waals surface area contributed by atoms with Gasteiger partial charge in [-0.05, 0) is 45.2 Å². The van der Waals surface area contributed by atoms with Gasteiger partial charge in [0, 0.05) is 26.1 Å². The number of hydrogen-bond donors (Lipinski definition) is 0. The highest BCUT2D eigenvalue weighted by Gasteiger charge is 2.30. The third-order valence-corrected chi connectivity index (χ3v) is 7.64. The summed E-state index contributed by atoms with van der Waals surface area (Å²) in [5, 5.41) is 0. The lowest BCUT2D eigenvalue weighted by atomic mass is 10.0. The highest BCUT2D eigenvalue weighted by molar-refractivity contribution is 7.57. The molecule has 3 heteroatoms. The zero-order chi connectivity index (χ0) is 18.1. The summed E-state index contributed by atoms with van der Waals surface area (Å²) in [5.74, 6) is -0.310. The molecule has 146 valence electrons. The van der Waals surface area contributed by atoms with Gasteiger partial charge in [0.05, 0.1) is 0 Å². The Labute approximate surface area is 154 Å². The van der Waals surface area contributed by atoms with Crippen molar-refractivity contribution in [3.05, 3.63) is 0 Å². The second-order valence-corrected chi connectivity index (χ2v) is 9.83. The Balaban J connectivity index is 4.26. The summed E-state index contributed by atoms with van der Waals surface area (Å²) in [6, 6.07) is 0. The highest BCUT2D eigenvalue weighted by atomic mass is 31.1. The van der Waals surface area contributed by atoms with Crippen molar-refractivity contribution in [2.45, 2.75) is 105 Å². The zero-order valence-electron chi connectivity index (χ0n) is 17.4. The van der Waals surface area contributed by atoms with Gasteiger partial charge in [0.15, 0.2) is 5.79 Å². The Bertz CT molecular complexity index is 248. The smallest absolute Gasteiger partial charge is 0.168 e. The molecule has 0 bridgehead atoms. The van der Waals surface area contributed by atoms with Crippen LogP contribution in [0, 0.1) is 0 Å². The van der Waals surface area contributed by atoms with E-state index in [0.717, 1.165) is 26.1 Å². The summed E-state index contributed by atoms with van der Waals surface area (Å²) in [6.45, 7) is 12.7. The van der Waals surface area contributed by atoms with Gasteiger partial charge in [0.25, 0.3) is 0 Å². The first-order valence-electron chi connectivity index (χ1n) is 10.7. The summed E-state index contributed by atoms with van der Waals surface area (Å²) in [4.78, 5) is 0. The summed E-state index contributed by atoms with van der Waals surface area (Å²) in [7, 11) is 0.236. The Kier molecular flexibility index (Phi) is 17.0. The Morgan fingerprint density at radius 2 is 1.12 bits per heavy atom. The van der Waals surface area contributed by atoms with E-state index in [-0.39, 0.29) is 13.7 Å². The molecular formula is C21H45O2P. The quantitative estimate of drug-likeness (QED) is 0.146. The first kappa shape index (κ1) is 24.4. The minimum Gasteiger partial charge on any atom is -0.350 e. The van der Waals surface area contributed by atoms with Crippen molar-refractivity contribution in [1.82, 2.24) is 0 Å². The van der Waals surface area contributed by atoms with E-state index < -0.39 is 0 Å². The molecule has 0 aromatic heterocycles. The molecule has 0 atom stereocenters. The molecule has 0 fully saturated rings. The maximum Gasteiger partial charge on any atom is 0.168 e. The number of ether oxygens (including phenoxy) is 2. The first-order chi connectivity index (χ1) is 11.7. The standard InChI is InChI=1S/C21H45O2P/c1-6-11-12-13-14-15-16-18-21(22-7-2,23-8-3)19-17-20-24(9-4)10-5/h6-20H2,1-5H3. The Morgan fingerprint density at radius 3 is 1.62 bits per heavy atom. The Morgan fingerprint density at radius 1 is 0.625 bits per heavy atom. The summed E-state index contributed by atoms with van der Waals surface area (Å²) in [5.41, 5.74) is 0. The van der Waals surface area contributed by atoms with Crippen molar-refractivity contribution in [2.24, 2.45) is 0 Å². The largest absolute Gasteiger partial charge is 0.350 e. The molecule has 0 aliphatic carbocycles. The van der Waals surface area contributed by atoms with Gasteiger partial charge in [0.2, 0.25) is 0 Å². The van der Waals surface area contributed by atoms with Crippen LogP contribution in [0.15, 0.2) is 0 Å². The molecule has 0 aromatic rings. The molecule has 0 amide bonds. The fraction of sp³-hybridized carbons (Fsp3) is 1.00. The van der Waals surface area contributed by atoms with E-state index in [1.165, 1.54) is 69.9 Å². The van der Waals surface area contributed by atoms with E-state index in [2.05, 4.69) is 34.6 Å². The van der Waals surface area contributed by atoms with Gasteiger partial charge in [-0.2, -0.15) is 0 Å². The van der Waals surface area contributed by atoms with Crippen LogP contribution >= 0.6 is 7.92 Å². The summed E-state index contributed by atoms with van der Waals surface area (Å²) in [6.07, 6.45) is 16.9. The van der Waals surface area contributed by atoms with Gasteiger partial charge in [-0.1, -0.05) is 59.3 Å². The second kappa shape index (κ2) is 16.8. The van der Waals surface area contributed by atoms with E-state index in [9.17, 15) is 0 Å². The molecule has 0 spiro atoms. The minimum atomic E-state index is -0.310. The van der Waals surface area contributed by atoms with Crippen LogP contribution in [-0.4, -0.2) is 37.5 Å². The maximum absolute atomic E-state index is 6.15. The van der Waals surface area contributed by atoms with E-state index in [0.29, 0.717) is 0 Å². The lowest BCUT2D eigenvalue weighted by Gasteiger charge is -2.34. The van der Waals surface area contributed by atoms with Crippen LogP contribution < -0.4 is 0 Å². The van der Waals surface area contributed by atoms with E-state index in [1.807, 2.05) is 0 Å². The van der Waals surface area contributed by atoms with Crippen molar-refractivity contribution in [1.29, 1.82) is 0 Å². The van der Waals surface area contributed by atoms with E-state index in [4.69, 9.17) is 9.47 Å². The zero-order valence-corrected chi connectivity index (χ0v) is 18.3. The summed E-state index contributed by atoms with van der Waals surface area (Å²) < 4.78 is 12.3. The van der Waals surface area contributed by atoms with Crippen LogP contribution in [0.3, 0.4) is 0 Å². The van der Waals surface area contributed by atoms with Crippen LogP contribution in [0.4, 0.5) is 0 Å². The molecular weight excluding hydrogens is 315 g/mol. The molecule has 0 aliphatic heterocycles. The van der Waals surface area contributed by atoms with Gasteiger partial charge in [-0.25, -0.2) is 0 Å². The molecule has 0 aromatic carbocycles. The lowest BCUT2D eigenvalue weighted by molar-refractivity contribution is -0.241. The van der Waals surface area contributed by atoms with E-state index in [1.54, 1.807) is 0 Å². The van der Waals surface area contributed by atoms with Crippen molar-refractivity contribution in [3.8, 4) is 0 Å². The van der Waals surface area contributed by atoms with Gasteiger partial charge in [-0.3, -0.25) is 0 Å². The molecule has 0 radical (unpaired) electrons. The third kappa shape index (κ3) is 11.8. The van der Waals surface area contributed by atoms with Crippen LogP contribution in [0.25, 0.3) is 0 Å². The molecule has 0 saturated carbocycles. The first-order valence-corrected chi connectivity index (χ1v) is 12.6. The number of unbranched alkanes of at least 4 members (excludes halogenated alkanes) is 6. The van der Waals surface area contributed by atoms with Crippen molar-refractivity contribution < 1.29 is 9.47 Å². The predicted octanol–water partition coefficient (Wildman–Crippen LogP) is 7.20. The SMILES string of the molecule is CCCCCCCCCC(CCCP(CC)CC)(OCC)OCC. The minimum absolute atomic E-state index is 0.236. The topological polar surface area (TPSA) is 18.5 Å². The van der Waals surface area contributed by atoms with Crippen molar-refractivity contribution in [3.63, 3.8) is 0 Å². The van der Waals surface area contributed by atoms with Crippen LogP contribution in [0.5, 0.6) is 0 Å². The van der Waals surface area contributed by atoms with Gasteiger partial charge < -0.3 is 9.47 Å². The van der Waals surface area contributed by atoms with Crippen molar-refractivity contribution in [2.75, 3.05) is 31.7 Å². The Hall–Kier alpha value is 0.350. The average Bonchev–Trinajstić information content (AvgIpc) is 2.58. The predicted molar refractivity (Wildman–Crippen MR) is 111 cm³/mol. The third-order valence-electron chi connectivity index (χ3n) is 4.90. The molecule has 0 rings (SSSR count). The highest BCUT2D eigenvalue weighted by Crippen LogP contribution is 2.37. The number of rotatable bonds is 18. The van der Waals surface area contributed by atoms with Crippen LogP contribution in [-0.2, 0) is 9.47 Å². The van der Waals surface area contributed by atoms with Gasteiger partial charge in [0.1, 0.15) is 0 Å². The van der Waals surface area contributed by atoms with Crippen molar-refractivity contribution >= 4 is 7.92 Å². The second-order valence-electron chi connectivity index (χ2n) is 6.78. The average molecular weight is 361 g/mol. The fourth-order valence-electron chi connectivity index (χ4n) is 3.44. The molecule has 0 N–H and O–H groups in total. The van der Waals surface area contributed by atoms with Gasteiger partial charge in [-0.15, -0.1) is 7.92 Å². The molecule has 24 heavy (non-hydrogen) atoms. The van der Waals surface area contributed by atoms with Crippen LogP contribution in [0.1, 0.15) is 98.8 Å². The monoisotopic (exact) mass is 360 g/mol.